The average molecular weight is 398 g/mol. The first-order valence-electron chi connectivity index (χ1n) is 9.81. The van der Waals surface area contributed by atoms with Crippen molar-refractivity contribution in [3.63, 3.8) is 0 Å². The number of aromatic nitrogens is 1. The van der Waals surface area contributed by atoms with E-state index >= 15 is 0 Å². The summed E-state index contributed by atoms with van der Waals surface area (Å²) < 4.78 is 17.8. The molecule has 7 heteroatoms. The number of unbranched alkanes of at least 4 members (excludes halogenated alkanes) is 1. The lowest BCUT2D eigenvalue weighted by Gasteiger charge is -2.14. The van der Waals surface area contributed by atoms with Gasteiger partial charge in [-0.15, -0.1) is 0 Å². The average Bonchev–Trinajstić information content (AvgIpc) is 3.04. The second-order valence-corrected chi connectivity index (χ2v) is 6.70. The number of ether oxygens (including phenoxy) is 2. The van der Waals surface area contributed by atoms with E-state index in [2.05, 4.69) is 12.2 Å². The number of carbonyl (C=O) groups excluding carboxylic acids is 1. The molecule has 1 aromatic heterocycles. The van der Waals surface area contributed by atoms with E-state index in [1.54, 1.807) is 35.9 Å². The number of oxazole rings is 1. The van der Waals surface area contributed by atoms with Crippen LogP contribution in [0.4, 0.5) is 5.69 Å². The second-order valence-electron chi connectivity index (χ2n) is 6.70. The summed E-state index contributed by atoms with van der Waals surface area (Å²) in [6.45, 7) is 3.08. The number of amides is 1. The van der Waals surface area contributed by atoms with Crippen molar-refractivity contribution >= 4 is 22.7 Å². The molecule has 3 rings (SSSR count). The number of fused-ring (bicyclic) bond motifs is 1. The fourth-order valence-electron chi connectivity index (χ4n) is 3.02. The number of anilines is 1. The molecule has 1 heterocycles. The highest BCUT2D eigenvalue weighted by atomic mass is 16.5. The highest BCUT2D eigenvalue weighted by molar-refractivity contribution is 5.92. The molecule has 0 aliphatic rings. The standard InChI is InChI=1S/C22H26N2O5/c1-3-4-14-28-19-12-11-16(27-2)15-17(19)23-21(25)10-7-13-24-18-8-5-6-9-20(18)29-22(24)26/h5-6,8-9,11-12,15H,3-4,7,10,13-14H2,1-2H3,(H,23,25). The van der Waals surface area contributed by atoms with E-state index in [0.29, 0.717) is 42.3 Å². The largest absolute Gasteiger partial charge is 0.497 e. The van der Waals surface area contributed by atoms with Crippen molar-refractivity contribution in [3.8, 4) is 11.5 Å². The van der Waals surface area contributed by atoms with Gasteiger partial charge in [-0.05, 0) is 37.1 Å². The van der Waals surface area contributed by atoms with Gasteiger partial charge >= 0.3 is 5.76 Å². The van der Waals surface area contributed by atoms with Gasteiger partial charge in [0.15, 0.2) is 5.58 Å². The van der Waals surface area contributed by atoms with E-state index < -0.39 is 5.76 Å². The minimum Gasteiger partial charge on any atom is -0.497 e. The van der Waals surface area contributed by atoms with E-state index in [9.17, 15) is 9.59 Å². The van der Waals surface area contributed by atoms with Crippen molar-refractivity contribution in [2.24, 2.45) is 0 Å². The number of methoxy groups -OCH3 is 1. The van der Waals surface area contributed by atoms with Gasteiger partial charge < -0.3 is 19.2 Å². The zero-order valence-electron chi connectivity index (χ0n) is 16.8. The van der Waals surface area contributed by atoms with Crippen molar-refractivity contribution in [1.82, 2.24) is 4.57 Å². The van der Waals surface area contributed by atoms with Crippen molar-refractivity contribution in [2.45, 2.75) is 39.2 Å². The highest BCUT2D eigenvalue weighted by Gasteiger charge is 2.12. The lowest BCUT2D eigenvalue weighted by molar-refractivity contribution is -0.116. The van der Waals surface area contributed by atoms with Gasteiger partial charge in [0.25, 0.3) is 0 Å². The first-order valence-corrected chi connectivity index (χ1v) is 9.81. The summed E-state index contributed by atoms with van der Waals surface area (Å²) in [4.78, 5) is 24.5. The zero-order chi connectivity index (χ0) is 20.6. The van der Waals surface area contributed by atoms with Crippen LogP contribution in [0.2, 0.25) is 0 Å². The maximum absolute atomic E-state index is 12.5. The third-order valence-electron chi connectivity index (χ3n) is 4.58. The molecule has 0 bridgehead atoms. The Labute approximate surface area is 169 Å². The van der Waals surface area contributed by atoms with E-state index in [0.717, 1.165) is 18.4 Å². The monoisotopic (exact) mass is 398 g/mol. The fraction of sp³-hybridized carbons (Fsp3) is 0.364. The predicted molar refractivity (Wildman–Crippen MR) is 112 cm³/mol. The van der Waals surface area contributed by atoms with Gasteiger partial charge in [-0.25, -0.2) is 4.79 Å². The summed E-state index contributed by atoms with van der Waals surface area (Å²) in [5.74, 6) is 0.690. The molecule has 0 saturated heterocycles. The molecule has 29 heavy (non-hydrogen) atoms. The minimum atomic E-state index is -0.411. The SMILES string of the molecule is CCCCOc1ccc(OC)cc1NC(=O)CCCn1c(=O)oc2ccccc21. The summed E-state index contributed by atoms with van der Waals surface area (Å²) in [7, 11) is 1.57. The van der Waals surface area contributed by atoms with Crippen molar-refractivity contribution < 1.29 is 18.7 Å². The Morgan fingerprint density at radius 3 is 2.79 bits per heavy atom. The van der Waals surface area contributed by atoms with Crippen LogP contribution >= 0.6 is 0 Å². The summed E-state index contributed by atoms with van der Waals surface area (Å²) in [6.07, 6.45) is 2.73. The van der Waals surface area contributed by atoms with Crippen LogP contribution in [0.15, 0.2) is 51.7 Å². The Kier molecular flexibility index (Phi) is 6.94. The summed E-state index contributed by atoms with van der Waals surface area (Å²) in [5, 5.41) is 2.89. The van der Waals surface area contributed by atoms with Gasteiger partial charge in [0.1, 0.15) is 11.5 Å². The second kappa shape index (κ2) is 9.82. The van der Waals surface area contributed by atoms with Gasteiger partial charge in [0, 0.05) is 19.0 Å². The molecule has 2 aromatic carbocycles. The molecule has 154 valence electrons. The molecule has 0 aliphatic heterocycles. The Morgan fingerprint density at radius 1 is 1.17 bits per heavy atom. The number of benzene rings is 2. The summed E-state index contributed by atoms with van der Waals surface area (Å²) >= 11 is 0. The molecular weight excluding hydrogens is 372 g/mol. The molecule has 0 saturated carbocycles. The molecule has 0 spiro atoms. The highest BCUT2D eigenvalue weighted by Crippen LogP contribution is 2.29. The number of hydrogen-bond acceptors (Lipinski definition) is 5. The van der Waals surface area contributed by atoms with Crippen molar-refractivity contribution in [2.75, 3.05) is 19.0 Å². The molecule has 0 unspecified atom stereocenters. The maximum atomic E-state index is 12.5. The number of rotatable bonds is 10. The third-order valence-corrected chi connectivity index (χ3v) is 4.58. The van der Waals surface area contributed by atoms with E-state index in [-0.39, 0.29) is 12.3 Å². The first kappa shape index (κ1) is 20.5. The van der Waals surface area contributed by atoms with Gasteiger partial charge in [-0.2, -0.15) is 0 Å². The van der Waals surface area contributed by atoms with E-state index in [1.165, 1.54) is 0 Å². The normalized spacial score (nSPS) is 10.8. The van der Waals surface area contributed by atoms with Crippen LogP contribution in [-0.4, -0.2) is 24.2 Å². The molecule has 0 aliphatic carbocycles. The number of nitrogens with one attached hydrogen (secondary N) is 1. The molecule has 1 amide bonds. The Balaban J connectivity index is 1.61. The fourth-order valence-corrected chi connectivity index (χ4v) is 3.02. The number of para-hydroxylation sites is 2. The zero-order valence-corrected chi connectivity index (χ0v) is 16.8. The Bertz CT molecular complexity index is 1020. The molecule has 0 radical (unpaired) electrons. The van der Waals surface area contributed by atoms with Gasteiger partial charge in [0.2, 0.25) is 5.91 Å². The summed E-state index contributed by atoms with van der Waals surface area (Å²) in [6, 6.07) is 12.6. The molecular formula is C22H26N2O5. The van der Waals surface area contributed by atoms with E-state index in [1.807, 2.05) is 18.2 Å². The van der Waals surface area contributed by atoms with Crippen LogP contribution in [0.1, 0.15) is 32.6 Å². The lowest BCUT2D eigenvalue weighted by atomic mass is 10.2. The number of nitrogens with zero attached hydrogens (tertiary/aromatic N) is 1. The van der Waals surface area contributed by atoms with Crippen LogP contribution in [0.3, 0.4) is 0 Å². The van der Waals surface area contributed by atoms with Crippen molar-refractivity contribution in [3.05, 3.63) is 53.0 Å². The summed E-state index contributed by atoms with van der Waals surface area (Å²) in [5.41, 5.74) is 1.86. The molecule has 1 N–H and O–H groups in total. The topological polar surface area (TPSA) is 82.7 Å². The Morgan fingerprint density at radius 2 is 2.00 bits per heavy atom. The van der Waals surface area contributed by atoms with Crippen LogP contribution < -0.4 is 20.5 Å². The van der Waals surface area contributed by atoms with Gasteiger partial charge in [-0.3, -0.25) is 9.36 Å². The minimum absolute atomic E-state index is 0.153. The van der Waals surface area contributed by atoms with Gasteiger partial charge in [0.05, 0.1) is 24.9 Å². The number of carbonyl (C=O) groups is 1. The van der Waals surface area contributed by atoms with Crippen LogP contribution in [0, 0.1) is 0 Å². The Hall–Kier alpha value is -3.22. The maximum Gasteiger partial charge on any atom is 0.419 e. The smallest absolute Gasteiger partial charge is 0.419 e. The third kappa shape index (κ3) is 5.19. The molecule has 0 atom stereocenters. The van der Waals surface area contributed by atoms with Crippen molar-refractivity contribution in [1.29, 1.82) is 0 Å². The van der Waals surface area contributed by atoms with Crippen LogP contribution in [0.25, 0.3) is 11.1 Å². The molecule has 7 nitrogen and oxygen atoms in total. The lowest BCUT2D eigenvalue weighted by Crippen LogP contribution is -2.17. The van der Waals surface area contributed by atoms with Gasteiger partial charge in [-0.1, -0.05) is 25.5 Å². The predicted octanol–water partition coefficient (Wildman–Crippen LogP) is 4.20. The number of aryl methyl sites for hydroxylation is 1. The van der Waals surface area contributed by atoms with E-state index in [4.69, 9.17) is 13.9 Å². The quantitative estimate of drug-likeness (QED) is 0.518. The van der Waals surface area contributed by atoms with Crippen LogP contribution in [0.5, 0.6) is 11.5 Å². The first-order chi connectivity index (χ1) is 14.1. The molecule has 3 aromatic rings. The van der Waals surface area contributed by atoms with Crippen LogP contribution in [-0.2, 0) is 11.3 Å². The number of hydrogen-bond donors (Lipinski definition) is 1. The molecule has 0 fully saturated rings.